The van der Waals surface area contributed by atoms with E-state index in [4.69, 9.17) is 9.47 Å². The Morgan fingerprint density at radius 1 is 1.21 bits per heavy atom. The highest BCUT2D eigenvalue weighted by Gasteiger charge is 2.34. The number of benzene rings is 1. The molecule has 1 rings (SSSR count). The van der Waals surface area contributed by atoms with Gasteiger partial charge < -0.3 is 9.47 Å². The third-order valence-electron chi connectivity index (χ3n) is 2.15. The van der Waals surface area contributed by atoms with Crippen molar-refractivity contribution in [2.45, 2.75) is 45.8 Å². The van der Waals surface area contributed by atoms with Gasteiger partial charge in [0.25, 0.3) is 0 Å². The van der Waals surface area contributed by atoms with Crippen LogP contribution < -0.4 is 4.74 Å². The molecule has 0 aliphatic heterocycles. The van der Waals surface area contributed by atoms with Crippen molar-refractivity contribution in [3.8, 4) is 5.75 Å². The Morgan fingerprint density at radius 3 is 2.26 bits per heavy atom. The van der Waals surface area contributed by atoms with E-state index in [1.807, 2.05) is 0 Å². The van der Waals surface area contributed by atoms with Gasteiger partial charge in [0.2, 0.25) is 0 Å². The van der Waals surface area contributed by atoms with Crippen LogP contribution in [0.1, 0.15) is 34.6 Å². The van der Waals surface area contributed by atoms with Gasteiger partial charge in [-0.2, -0.15) is 0 Å². The topological polar surface area (TPSA) is 35.5 Å². The number of hydrogen-bond acceptors (Lipinski definition) is 3. The molecule has 0 atom stereocenters. The molecule has 0 saturated carbocycles. The molecule has 5 heteroatoms. The zero-order valence-electron chi connectivity index (χ0n) is 11.7. The second-order valence-corrected chi connectivity index (χ2v) is 6.54. The van der Waals surface area contributed by atoms with Gasteiger partial charge in [0.1, 0.15) is 17.2 Å². The van der Waals surface area contributed by atoms with Gasteiger partial charge in [-0.3, -0.25) is 0 Å². The van der Waals surface area contributed by atoms with Crippen LogP contribution in [0, 0.1) is 5.82 Å². The van der Waals surface area contributed by atoms with E-state index in [2.05, 4.69) is 15.9 Å². The Bertz CT molecular complexity index is 478. The fourth-order valence-electron chi connectivity index (χ4n) is 1.28. The van der Waals surface area contributed by atoms with Crippen LogP contribution in [-0.2, 0) is 9.53 Å². The first-order valence-corrected chi connectivity index (χ1v) is 6.68. The van der Waals surface area contributed by atoms with Crippen molar-refractivity contribution in [3.63, 3.8) is 0 Å². The molecule has 19 heavy (non-hydrogen) atoms. The second-order valence-electron chi connectivity index (χ2n) is 5.69. The molecule has 0 aromatic heterocycles. The average molecular weight is 333 g/mol. The van der Waals surface area contributed by atoms with Crippen molar-refractivity contribution in [1.82, 2.24) is 0 Å². The van der Waals surface area contributed by atoms with Crippen LogP contribution in [-0.4, -0.2) is 17.2 Å². The third-order valence-corrected chi connectivity index (χ3v) is 2.76. The quantitative estimate of drug-likeness (QED) is 0.782. The number of carbonyl (C=O) groups is 1. The largest absolute Gasteiger partial charge is 0.476 e. The van der Waals surface area contributed by atoms with Gasteiger partial charge in [-0.15, -0.1) is 0 Å². The molecule has 0 radical (unpaired) electrons. The van der Waals surface area contributed by atoms with Crippen molar-refractivity contribution in [1.29, 1.82) is 0 Å². The molecule has 106 valence electrons. The lowest BCUT2D eigenvalue weighted by Crippen LogP contribution is -2.43. The lowest BCUT2D eigenvalue weighted by molar-refractivity contribution is -0.170. The number of halogens is 2. The fourth-order valence-corrected chi connectivity index (χ4v) is 1.64. The van der Waals surface area contributed by atoms with E-state index >= 15 is 0 Å². The lowest BCUT2D eigenvalue weighted by atomic mass is 10.1. The van der Waals surface area contributed by atoms with Gasteiger partial charge in [-0.05, 0) is 68.7 Å². The maximum Gasteiger partial charge on any atom is 0.350 e. The maximum atomic E-state index is 13.1. The molecular weight excluding hydrogens is 315 g/mol. The standard InChI is InChI=1S/C14H18BrFO3/c1-13(2,3)19-12(17)14(4,5)18-9-6-7-11(16)10(15)8-9/h6-8H,1-5H3. The highest BCUT2D eigenvalue weighted by molar-refractivity contribution is 9.10. The smallest absolute Gasteiger partial charge is 0.350 e. The summed E-state index contributed by atoms with van der Waals surface area (Å²) in [5.41, 5.74) is -1.73. The molecule has 1 aromatic rings. The van der Waals surface area contributed by atoms with Crippen molar-refractivity contribution >= 4 is 21.9 Å². The molecule has 0 fully saturated rings. The van der Waals surface area contributed by atoms with Crippen LogP contribution in [0.2, 0.25) is 0 Å². The van der Waals surface area contributed by atoms with Gasteiger partial charge in [0.15, 0.2) is 5.60 Å². The minimum Gasteiger partial charge on any atom is -0.476 e. The zero-order valence-corrected chi connectivity index (χ0v) is 13.3. The number of hydrogen-bond donors (Lipinski definition) is 0. The van der Waals surface area contributed by atoms with Crippen molar-refractivity contribution in [3.05, 3.63) is 28.5 Å². The van der Waals surface area contributed by atoms with E-state index in [0.717, 1.165) is 0 Å². The first kappa shape index (κ1) is 16.0. The predicted molar refractivity (Wildman–Crippen MR) is 74.7 cm³/mol. The molecule has 0 aliphatic rings. The van der Waals surface area contributed by atoms with Crippen LogP contribution in [0.5, 0.6) is 5.75 Å². The normalized spacial score (nSPS) is 12.2. The number of esters is 1. The molecule has 1 aromatic carbocycles. The van der Waals surface area contributed by atoms with E-state index in [1.54, 1.807) is 34.6 Å². The average Bonchev–Trinajstić information content (AvgIpc) is 2.20. The molecule has 3 nitrogen and oxygen atoms in total. The fraction of sp³-hybridized carbons (Fsp3) is 0.500. The summed E-state index contributed by atoms with van der Waals surface area (Å²) in [6.07, 6.45) is 0. The molecule has 0 aliphatic carbocycles. The molecule has 0 saturated heterocycles. The summed E-state index contributed by atoms with van der Waals surface area (Å²) in [6.45, 7) is 8.58. The molecule has 0 spiro atoms. The monoisotopic (exact) mass is 332 g/mol. The SMILES string of the molecule is CC(C)(C)OC(=O)C(C)(C)Oc1ccc(F)c(Br)c1. The van der Waals surface area contributed by atoms with E-state index in [-0.39, 0.29) is 10.3 Å². The third kappa shape index (κ3) is 4.82. The molecule has 0 heterocycles. The van der Waals surface area contributed by atoms with E-state index in [1.165, 1.54) is 18.2 Å². The van der Waals surface area contributed by atoms with E-state index in [0.29, 0.717) is 5.75 Å². The summed E-state index contributed by atoms with van der Waals surface area (Å²) < 4.78 is 24.3. The number of carbonyl (C=O) groups excluding carboxylic acids is 1. The summed E-state index contributed by atoms with van der Waals surface area (Å²) in [6, 6.07) is 4.21. The Hall–Kier alpha value is -1.10. The highest BCUT2D eigenvalue weighted by atomic mass is 79.9. The molecule has 0 bridgehead atoms. The van der Waals surface area contributed by atoms with Crippen LogP contribution >= 0.6 is 15.9 Å². The van der Waals surface area contributed by atoms with Crippen molar-refractivity contribution in [2.24, 2.45) is 0 Å². The Morgan fingerprint density at radius 2 is 1.79 bits per heavy atom. The highest BCUT2D eigenvalue weighted by Crippen LogP contribution is 2.26. The van der Waals surface area contributed by atoms with Gasteiger partial charge in [0.05, 0.1) is 4.47 Å². The summed E-state index contributed by atoms with van der Waals surface area (Å²) in [5, 5.41) is 0. The van der Waals surface area contributed by atoms with E-state index < -0.39 is 17.2 Å². The minimum absolute atomic E-state index is 0.282. The van der Waals surface area contributed by atoms with Gasteiger partial charge in [0, 0.05) is 0 Å². The lowest BCUT2D eigenvalue weighted by Gasteiger charge is -2.29. The van der Waals surface area contributed by atoms with Gasteiger partial charge >= 0.3 is 5.97 Å². The first-order chi connectivity index (χ1) is 8.51. The maximum absolute atomic E-state index is 13.1. The summed E-state index contributed by atoms with van der Waals surface area (Å²) in [4.78, 5) is 12.0. The Balaban J connectivity index is 2.83. The van der Waals surface area contributed by atoms with Gasteiger partial charge in [-0.25, -0.2) is 9.18 Å². The molecule has 0 N–H and O–H groups in total. The zero-order chi connectivity index (χ0) is 14.8. The molecular formula is C14H18BrFO3. The predicted octanol–water partition coefficient (Wildman–Crippen LogP) is 4.09. The number of rotatable bonds is 3. The van der Waals surface area contributed by atoms with Gasteiger partial charge in [-0.1, -0.05) is 0 Å². The summed E-state index contributed by atoms with van der Waals surface area (Å²) >= 11 is 3.07. The van der Waals surface area contributed by atoms with Crippen molar-refractivity contribution in [2.75, 3.05) is 0 Å². The van der Waals surface area contributed by atoms with E-state index in [9.17, 15) is 9.18 Å². The van der Waals surface area contributed by atoms with Crippen LogP contribution in [0.15, 0.2) is 22.7 Å². The van der Waals surface area contributed by atoms with Crippen LogP contribution in [0.3, 0.4) is 0 Å². The Kier molecular flexibility index (Phi) is 4.61. The first-order valence-electron chi connectivity index (χ1n) is 5.89. The molecule has 0 amide bonds. The van der Waals surface area contributed by atoms with Crippen LogP contribution in [0.4, 0.5) is 4.39 Å². The minimum atomic E-state index is -1.15. The molecule has 0 unspecified atom stereocenters. The Labute approximate surface area is 121 Å². The number of ether oxygens (including phenoxy) is 2. The second kappa shape index (κ2) is 5.49. The van der Waals surface area contributed by atoms with Crippen molar-refractivity contribution < 1.29 is 18.7 Å². The van der Waals surface area contributed by atoms with Crippen LogP contribution in [0.25, 0.3) is 0 Å². The summed E-state index contributed by atoms with van der Waals surface area (Å²) in [5.74, 6) is -0.466. The summed E-state index contributed by atoms with van der Waals surface area (Å²) in [7, 11) is 0.